The van der Waals surface area contributed by atoms with Crippen LogP contribution in [0.5, 0.6) is 0 Å². The Morgan fingerprint density at radius 3 is 1.80 bits per heavy atom. The highest BCUT2D eigenvalue weighted by Gasteiger charge is 2.31. The summed E-state index contributed by atoms with van der Waals surface area (Å²) in [6.07, 6.45) is 22.1. The molecule has 0 saturated carbocycles. The number of rotatable bonds is 13. The first kappa shape index (κ1) is 22.3. The van der Waals surface area contributed by atoms with Crippen molar-refractivity contribution in [3.05, 3.63) is 18.7 Å². The molecule has 0 bridgehead atoms. The van der Waals surface area contributed by atoms with Crippen LogP contribution in [0.3, 0.4) is 0 Å². The lowest BCUT2D eigenvalue weighted by molar-refractivity contribution is -0.697. The zero-order valence-corrected chi connectivity index (χ0v) is 18.1. The van der Waals surface area contributed by atoms with E-state index < -0.39 is 0 Å². The number of unbranched alkanes of at least 4 members (excludes halogenated alkanes) is 9. The van der Waals surface area contributed by atoms with Crippen LogP contribution in [-0.2, 0) is 12.1 Å². The molecular formula is C23H45N2+. The van der Waals surface area contributed by atoms with E-state index in [1.54, 1.807) is 0 Å². The molecule has 2 nitrogen and oxygen atoms in total. The SMILES string of the molecule is CCCCCCCCCCCC[n+]1ccn(C(C)(C)CC(C)(C)C)c1. The summed E-state index contributed by atoms with van der Waals surface area (Å²) in [5, 5.41) is 0. The molecule has 0 N–H and O–H groups in total. The Labute approximate surface area is 158 Å². The molecule has 1 rings (SSSR count). The van der Waals surface area contributed by atoms with Crippen molar-refractivity contribution in [1.82, 2.24) is 4.57 Å². The van der Waals surface area contributed by atoms with E-state index in [9.17, 15) is 0 Å². The number of aryl methyl sites for hydroxylation is 1. The molecule has 1 aromatic rings. The Morgan fingerprint density at radius 1 is 0.760 bits per heavy atom. The first-order chi connectivity index (χ1) is 11.7. The molecular weight excluding hydrogens is 304 g/mol. The third-order valence-corrected chi connectivity index (χ3v) is 5.12. The molecule has 0 spiro atoms. The first-order valence-corrected chi connectivity index (χ1v) is 10.8. The molecule has 1 aromatic heterocycles. The van der Waals surface area contributed by atoms with Gasteiger partial charge in [0.25, 0.3) is 0 Å². The zero-order chi connectivity index (χ0) is 18.8. The second kappa shape index (κ2) is 11.0. The normalized spacial score (nSPS) is 12.7. The highest BCUT2D eigenvalue weighted by molar-refractivity contribution is 4.85. The van der Waals surface area contributed by atoms with Gasteiger partial charge in [-0.2, -0.15) is 0 Å². The van der Waals surface area contributed by atoms with Crippen LogP contribution in [0.15, 0.2) is 18.7 Å². The summed E-state index contributed by atoms with van der Waals surface area (Å²) in [5.41, 5.74) is 0.538. The molecule has 25 heavy (non-hydrogen) atoms. The molecule has 0 radical (unpaired) electrons. The van der Waals surface area contributed by atoms with Crippen molar-refractivity contribution >= 4 is 0 Å². The minimum absolute atomic E-state index is 0.182. The minimum Gasteiger partial charge on any atom is -0.237 e. The molecule has 0 aromatic carbocycles. The average molecular weight is 350 g/mol. The Hall–Kier alpha value is -0.790. The first-order valence-electron chi connectivity index (χ1n) is 10.8. The second-order valence-corrected chi connectivity index (χ2v) is 9.79. The van der Waals surface area contributed by atoms with Gasteiger partial charge in [0.05, 0.1) is 6.54 Å². The summed E-state index contributed by atoms with van der Waals surface area (Å²) in [7, 11) is 0. The van der Waals surface area contributed by atoms with Gasteiger partial charge in [0.15, 0.2) is 0 Å². The molecule has 0 saturated heterocycles. The smallest absolute Gasteiger partial charge is 0.237 e. The van der Waals surface area contributed by atoms with Crippen molar-refractivity contribution in [1.29, 1.82) is 0 Å². The van der Waals surface area contributed by atoms with E-state index in [-0.39, 0.29) is 5.54 Å². The summed E-state index contributed by atoms with van der Waals surface area (Å²) in [6.45, 7) is 15.1. The highest BCUT2D eigenvalue weighted by atomic mass is 15.1. The van der Waals surface area contributed by atoms with Gasteiger partial charge in [-0.1, -0.05) is 79.1 Å². The number of hydrogen-bond acceptors (Lipinski definition) is 0. The maximum Gasteiger partial charge on any atom is 0.244 e. The van der Waals surface area contributed by atoms with Crippen LogP contribution in [0.25, 0.3) is 0 Å². The average Bonchev–Trinajstić information content (AvgIpc) is 2.96. The number of hydrogen-bond donors (Lipinski definition) is 0. The monoisotopic (exact) mass is 349 g/mol. The molecule has 0 fully saturated rings. The number of aromatic nitrogens is 2. The molecule has 0 unspecified atom stereocenters. The van der Waals surface area contributed by atoms with Crippen molar-refractivity contribution in [3.63, 3.8) is 0 Å². The molecule has 0 aliphatic carbocycles. The molecule has 0 amide bonds. The Kier molecular flexibility index (Phi) is 9.82. The Morgan fingerprint density at radius 2 is 1.28 bits per heavy atom. The standard InChI is InChI=1S/C23H45N2/c1-7-8-9-10-11-12-13-14-15-16-17-24-18-19-25(21-24)23(5,6)20-22(2,3)4/h18-19,21H,7-17,20H2,1-6H3/q+1. The van der Waals surface area contributed by atoms with Crippen LogP contribution in [0, 0.1) is 5.41 Å². The summed E-state index contributed by atoms with van der Waals surface area (Å²) < 4.78 is 4.77. The van der Waals surface area contributed by atoms with E-state index in [4.69, 9.17) is 0 Å². The van der Waals surface area contributed by atoms with Crippen LogP contribution in [0.1, 0.15) is 112 Å². The zero-order valence-electron chi connectivity index (χ0n) is 18.1. The number of nitrogens with zero attached hydrogens (tertiary/aromatic N) is 2. The molecule has 0 aliphatic heterocycles. The van der Waals surface area contributed by atoms with E-state index >= 15 is 0 Å². The van der Waals surface area contributed by atoms with Crippen LogP contribution in [0.4, 0.5) is 0 Å². The highest BCUT2D eigenvalue weighted by Crippen LogP contribution is 2.31. The molecule has 2 heteroatoms. The van der Waals surface area contributed by atoms with Crippen molar-refractivity contribution in [2.45, 2.75) is 124 Å². The van der Waals surface area contributed by atoms with Crippen LogP contribution < -0.4 is 4.57 Å². The largest absolute Gasteiger partial charge is 0.244 e. The predicted octanol–water partition coefficient (Wildman–Crippen LogP) is 6.87. The minimum atomic E-state index is 0.182. The van der Waals surface area contributed by atoms with Gasteiger partial charge < -0.3 is 0 Å². The lowest BCUT2D eigenvalue weighted by Gasteiger charge is -2.29. The third kappa shape index (κ3) is 10.1. The van der Waals surface area contributed by atoms with Gasteiger partial charge in [-0.25, -0.2) is 9.13 Å². The summed E-state index contributed by atoms with van der Waals surface area (Å²) in [4.78, 5) is 0. The van der Waals surface area contributed by atoms with Gasteiger partial charge in [-0.3, -0.25) is 0 Å². The van der Waals surface area contributed by atoms with Crippen molar-refractivity contribution in [3.8, 4) is 0 Å². The lowest BCUT2D eigenvalue weighted by Crippen LogP contribution is -2.35. The van der Waals surface area contributed by atoms with Crippen LogP contribution in [0.2, 0.25) is 0 Å². The predicted molar refractivity (Wildman–Crippen MR) is 110 cm³/mol. The van der Waals surface area contributed by atoms with Gasteiger partial charge in [-0.15, -0.1) is 0 Å². The van der Waals surface area contributed by atoms with Crippen LogP contribution >= 0.6 is 0 Å². The maximum absolute atomic E-state index is 2.40. The fourth-order valence-electron chi connectivity index (χ4n) is 4.06. The van der Waals surface area contributed by atoms with Crippen molar-refractivity contribution in [2.75, 3.05) is 0 Å². The Balaban J connectivity index is 2.17. The Bertz CT molecular complexity index is 451. The summed E-state index contributed by atoms with van der Waals surface area (Å²) in [5.74, 6) is 0. The molecule has 0 aliphatic rings. The quantitative estimate of drug-likeness (QED) is 0.271. The van der Waals surface area contributed by atoms with Gasteiger partial charge >= 0.3 is 0 Å². The fourth-order valence-corrected chi connectivity index (χ4v) is 4.06. The fraction of sp³-hybridized carbons (Fsp3) is 0.870. The van der Waals surface area contributed by atoms with Gasteiger partial charge in [0.2, 0.25) is 6.33 Å². The van der Waals surface area contributed by atoms with Crippen LogP contribution in [-0.4, -0.2) is 4.57 Å². The summed E-state index contributed by atoms with van der Waals surface area (Å²) >= 11 is 0. The summed E-state index contributed by atoms with van der Waals surface area (Å²) in [6, 6.07) is 0. The number of imidazole rings is 1. The van der Waals surface area contributed by atoms with Crippen molar-refractivity contribution in [2.24, 2.45) is 5.41 Å². The molecule has 0 atom stereocenters. The molecule has 1 heterocycles. The topological polar surface area (TPSA) is 8.81 Å². The maximum atomic E-state index is 2.40. The van der Waals surface area contributed by atoms with Gasteiger partial charge in [0, 0.05) is 0 Å². The second-order valence-electron chi connectivity index (χ2n) is 9.79. The lowest BCUT2D eigenvalue weighted by atomic mass is 9.82. The van der Waals surface area contributed by atoms with E-state index in [0.717, 1.165) is 6.54 Å². The van der Waals surface area contributed by atoms with Crippen molar-refractivity contribution < 1.29 is 4.57 Å². The van der Waals surface area contributed by atoms with E-state index in [1.165, 1.54) is 70.6 Å². The van der Waals surface area contributed by atoms with E-state index in [0.29, 0.717) is 5.41 Å². The van der Waals surface area contributed by atoms with Gasteiger partial charge in [0.1, 0.15) is 17.9 Å². The van der Waals surface area contributed by atoms with E-state index in [1.807, 2.05) is 0 Å². The third-order valence-electron chi connectivity index (χ3n) is 5.12. The molecule has 146 valence electrons. The van der Waals surface area contributed by atoms with Gasteiger partial charge in [-0.05, 0) is 38.5 Å². The van der Waals surface area contributed by atoms with E-state index in [2.05, 4.69) is 69.4 Å².